The van der Waals surface area contributed by atoms with Gasteiger partial charge < -0.3 is 16.2 Å². The van der Waals surface area contributed by atoms with Gasteiger partial charge in [-0.1, -0.05) is 29.3 Å². The summed E-state index contributed by atoms with van der Waals surface area (Å²) in [5.41, 5.74) is 8.40. The molecule has 0 saturated heterocycles. The fraction of sp³-hybridized carbons (Fsp3) is 0.0714. The van der Waals surface area contributed by atoms with Crippen molar-refractivity contribution in [2.24, 2.45) is 0 Å². The van der Waals surface area contributed by atoms with Crippen LogP contribution >= 0.6 is 23.2 Å². The number of amides is 1. The lowest BCUT2D eigenvalue weighted by Crippen LogP contribution is -2.20. The van der Waals surface area contributed by atoms with E-state index in [0.717, 1.165) is 0 Å². The highest BCUT2D eigenvalue weighted by molar-refractivity contribution is 6.36. The number of carboxylic acid groups (broad SMARTS) is 1. The van der Waals surface area contributed by atoms with Gasteiger partial charge >= 0.3 is 6.09 Å². The van der Waals surface area contributed by atoms with Crippen LogP contribution in [-0.4, -0.2) is 25.8 Å². The van der Waals surface area contributed by atoms with Crippen molar-refractivity contribution in [3.63, 3.8) is 0 Å². The molecule has 0 bridgehead atoms. The van der Waals surface area contributed by atoms with Crippen LogP contribution in [0.5, 0.6) is 0 Å². The van der Waals surface area contributed by atoms with Crippen LogP contribution in [0, 0.1) is 0 Å². The summed E-state index contributed by atoms with van der Waals surface area (Å²) in [6.07, 6.45) is 0.595. The minimum atomic E-state index is -1.13. The predicted octanol–water partition coefficient (Wildman–Crippen LogP) is 3.05. The van der Waals surface area contributed by atoms with E-state index >= 15 is 0 Å². The van der Waals surface area contributed by atoms with Crippen LogP contribution in [-0.2, 0) is 6.54 Å². The van der Waals surface area contributed by atoms with E-state index in [2.05, 4.69) is 15.5 Å². The van der Waals surface area contributed by atoms with Crippen LogP contribution in [0.25, 0.3) is 16.8 Å². The Hall–Kier alpha value is -2.51. The second-order valence-electron chi connectivity index (χ2n) is 4.78. The number of rotatable bonds is 3. The zero-order valence-electron chi connectivity index (χ0n) is 11.6. The van der Waals surface area contributed by atoms with Crippen LogP contribution in [0.3, 0.4) is 0 Å². The van der Waals surface area contributed by atoms with Gasteiger partial charge in [0.2, 0.25) is 5.95 Å². The Morgan fingerprint density at radius 2 is 2.04 bits per heavy atom. The molecule has 1 aromatic carbocycles. The van der Waals surface area contributed by atoms with Crippen molar-refractivity contribution in [1.82, 2.24) is 19.9 Å². The molecule has 0 aliphatic rings. The second kappa shape index (κ2) is 5.94. The summed E-state index contributed by atoms with van der Waals surface area (Å²) in [5, 5.41) is 19.9. The molecule has 9 heteroatoms. The summed E-state index contributed by atoms with van der Waals surface area (Å²) in [5.74, 6) is 0.226. The molecular formula is C14H11Cl2N5O2. The molecule has 23 heavy (non-hydrogen) atoms. The van der Waals surface area contributed by atoms with Crippen LogP contribution in [0.1, 0.15) is 5.56 Å². The number of hydrogen-bond acceptors (Lipinski definition) is 4. The van der Waals surface area contributed by atoms with Gasteiger partial charge in [-0.25, -0.2) is 4.79 Å². The standard InChI is InChI=1S/C14H11Cl2N5O2/c15-8-1-2-9(11(16)4-8)10-6-21-12(19-20-13(21)17)3-7(10)5-18-14(22)23/h1-4,6,18H,5H2,(H2,17,20)(H,22,23). The predicted molar refractivity (Wildman–Crippen MR) is 87.7 cm³/mol. The topological polar surface area (TPSA) is 106 Å². The van der Waals surface area contributed by atoms with Gasteiger partial charge in [-0.05, 0) is 23.8 Å². The van der Waals surface area contributed by atoms with Crippen LogP contribution in [0.2, 0.25) is 10.0 Å². The zero-order chi connectivity index (χ0) is 16.6. The molecular weight excluding hydrogens is 341 g/mol. The van der Waals surface area contributed by atoms with Gasteiger partial charge in [0.05, 0.1) is 0 Å². The minimum Gasteiger partial charge on any atom is -0.465 e. The van der Waals surface area contributed by atoms with E-state index in [9.17, 15) is 4.79 Å². The smallest absolute Gasteiger partial charge is 0.404 e. The van der Waals surface area contributed by atoms with E-state index in [-0.39, 0.29) is 12.5 Å². The van der Waals surface area contributed by atoms with Gasteiger partial charge in [0.1, 0.15) is 0 Å². The van der Waals surface area contributed by atoms with Crippen molar-refractivity contribution in [3.05, 3.63) is 46.1 Å². The number of nitrogen functional groups attached to an aromatic ring is 1. The summed E-state index contributed by atoms with van der Waals surface area (Å²) in [6, 6.07) is 6.79. The number of nitrogens with zero attached hydrogens (tertiary/aromatic N) is 3. The number of hydrogen-bond donors (Lipinski definition) is 3. The molecule has 0 unspecified atom stereocenters. The van der Waals surface area contributed by atoms with Gasteiger partial charge in [-0.2, -0.15) is 0 Å². The first kappa shape index (κ1) is 15.4. The molecule has 118 valence electrons. The molecule has 0 aliphatic carbocycles. The van der Waals surface area contributed by atoms with Crippen molar-refractivity contribution in [3.8, 4) is 11.1 Å². The first-order valence-electron chi connectivity index (χ1n) is 6.51. The molecule has 0 aliphatic heterocycles. The van der Waals surface area contributed by atoms with Crippen LogP contribution in [0.15, 0.2) is 30.5 Å². The Balaban J connectivity index is 2.20. The molecule has 0 saturated carbocycles. The lowest BCUT2D eigenvalue weighted by atomic mass is 10.0. The van der Waals surface area contributed by atoms with E-state index in [1.54, 1.807) is 34.9 Å². The lowest BCUT2D eigenvalue weighted by molar-refractivity contribution is 0.194. The van der Waals surface area contributed by atoms with E-state index in [4.69, 9.17) is 34.0 Å². The Morgan fingerprint density at radius 3 is 2.74 bits per heavy atom. The maximum absolute atomic E-state index is 10.8. The van der Waals surface area contributed by atoms with E-state index in [1.807, 2.05) is 0 Å². The Labute approximate surface area is 140 Å². The molecule has 7 nitrogen and oxygen atoms in total. The normalized spacial score (nSPS) is 10.9. The monoisotopic (exact) mass is 351 g/mol. The number of anilines is 1. The Kier molecular flexibility index (Phi) is 3.97. The quantitative estimate of drug-likeness (QED) is 0.672. The third-order valence-electron chi connectivity index (χ3n) is 3.31. The number of halogens is 2. The molecule has 2 heterocycles. The molecule has 2 aromatic heterocycles. The van der Waals surface area contributed by atoms with E-state index in [0.29, 0.717) is 32.4 Å². The fourth-order valence-corrected chi connectivity index (χ4v) is 2.77. The molecule has 3 aromatic rings. The highest BCUT2D eigenvalue weighted by Gasteiger charge is 2.14. The molecule has 4 N–H and O–H groups in total. The Bertz CT molecular complexity index is 910. The summed E-state index contributed by atoms with van der Waals surface area (Å²) < 4.78 is 1.60. The largest absolute Gasteiger partial charge is 0.465 e. The molecule has 0 fully saturated rings. The molecule has 0 atom stereocenters. The number of pyridine rings is 1. The van der Waals surface area contributed by atoms with Crippen molar-refractivity contribution in [1.29, 1.82) is 0 Å². The highest BCUT2D eigenvalue weighted by atomic mass is 35.5. The maximum Gasteiger partial charge on any atom is 0.404 e. The molecule has 0 spiro atoms. The summed E-state index contributed by atoms with van der Waals surface area (Å²) >= 11 is 12.2. The zero-order valence-corrected chi connectivity index (χ0v) is 13.1. The number of carbonyl (C=O) groups is 1. The Morgan fingerprint density at radius 1 is 1.26 bits per heavy atom. The van der Waals surface area contributed by atoms with Crippen molar-refractivity contribution in [2.75, 3.05) is 5.73 Å². The summed E-state index contributed by atoms with van der Waals surface area (Å²) in [6.45, 7) is 0.0902. The van der Waals surface area contributed by atoms with Crippen molar-refractivity contribution < 1.29 is 9.90 Å². The van der Waals surface area contributed by atoms with Gasteiger partial charge in [-0.15, -0.1) is 10.2 Å². The average Bonchev–Trinajstić information content (AvgIpc) is 2.85. The van der Waals surface area contributed by atoms with Crippen molar-refractivity contribution in [2.45, 2.75) is 6.54 Å². The van der Waals surface area contributed by atoms with Gasteiger partial charge in [0.25, 0.3) is 0 Å². The molecule has 1 amide bonds. The number of nitrogens with one attached hydrogen (secondary N) is 1. The third-order valence-corrected chi connectivity index (χ3v) is 3.86. The first-order valence-corrected chi connectivity index (χ1v) is 7.26. The van der Waals surface area contributed by atoms with Gasteiger partial charge in [0.15, 0.2) is 5.65 Å². The average molecular weight is 352 g/mol. The maximum atomic E-state index is 10.8. The number of aromatic nitrogens is 3. The van der Waals surface area contributed by atoms with Crippen LogP contribution in [0.4, 0.5) is 10.7 Å². The number of benzene rings is 1. The van der Waals surface area contributed by atoms with Gasteiger partial charge in [-0.3, -0.25) is 4.40 Å². The molecule has 0 radical (unpaired) electrons. The van der Waals surface area contributed by atoms with E-state index in [1.165, 1.54) is 0 Å². The number of nitrogens with two attached hydrogens (primary N) is 1. The highest BCUT2D eigenvalue weighted by Crippen LogP contribution is 2.33. The lowest BCUT2D eigenvalue weighted by Gasteiger charge is -2.12. The van der Waals surface area contributed by atoms with Crippen LogP contribution < -0.4 is 11.1 Å². The van der Waals surface area contributed by atoms with E-state index < -0.39 is 6.09 Å². The second-order valence-corrected chi connectivity index (χ2v) is 5.63. The summed E-state index contributed by atoms with van der Waals surface area (Å²) in [7, 11) is 0. The third kappa shape index (κ3) is 3.01. The van der Waals surface area contributed by atoms with Crippen molar-refractivity contribution >= 4 is 40.9 Å². The number of fused-ring (bicyclic) bond motifs is 1. The minimum absolute atomic E-state index is 0.0902. The fourth-order valence-electron chi connectivity index (χ4n) is 2.26. The van der Waals surface area contributed by atoms with Gasteiger partial charge in [0, 0.05) is 33.9 Å². The summed E-state index contributed by atoms with van der Waals surface area (Å²) in [4.78, 5) is 10.8. The molecule has 3 rings (SSSR count). The SMILES string of the molecule is Nc1nnc2cc(CNC(=O)O)c(-c3ccc(Cl)cc3Cl)cn12. The first-order chi connectivity index (χ1) is 11.0.